The average molecular weight is 260 g/mol. The predicted octanol–water partition coefficient (Wildman–Crippen LogP) is 0.0763. The van der Waals surface area contributed by atoms with Crippen molar-refractivity contribution in [2.45, 2.75) is 20.0 Å². The molecule has 1 fully saturated rings. The third-order valence-electron chi connectivity index (χ3n) is 2.64. The van der Waals surface area contributed by atoms with Gasteiger partial charge in [0.05, 0.1) is 36.8 Å². The largest absolute Gasteiger partial charge is 0.393 e. The van der Waals surface area contributed by atoms with Crippen LogP contribution in [0.4, 0.5) is 0 Å². The van der Waals surface area contributed by atoms with Gasteiger partial charge in [0.15, 0.2) is 0 Å². The SMILES string of the molecule is CC(C)C(C(=O)NCC1COCCO1)C(N)=S. The predicted molar refractivity (Wildman–Crippen MR) is 68.7 cm³/mol. The van der Waals surface area contributed by atoms with Gasteiger partial charge in [-0.25, -0.2) is 0 Å². The summed E-state index contributed by atoms with van der Waals surface area (Å²) in [6.07, 6.45) is -0.0770. The molecule has 5 nitrogen and oxygen atoms in total. The molecule has 0 saturated carbocycles. The van der Waals surface area contributed by atoms with E-state index >= 15 is 0 Å². The molecule has 0 radical (unpaired) electrons. The molecule has 1 heterocycles. The van der Waals surface area contributed by atoms with Crippen molar-refractivity contribution in [2.24, 2.45) is 17.6 Å². The van der Waals surface area contributed by atoms with Crippen LogP contribution in [0, 0.1) is 11.8 Å². The number of thiocarbonyl (C=S) groups is 1. The van der Waals surface area contributed by atoms with Crippen molar-refractivity contribution in [2.75, 3.05) is 26.4 Å². The number of hydrogen-bond acceptors (Lipinski definition) is 4. The van der Waals surface area contributed by atoms with E-state index in [9.17, 15) is 4.79 Å². The highest BCUT2D eigenvalue weighted by Crippen LogP contribution is 2.11. The molecule has 0 aromatic rings. The molecule has 1 rings (SSSR count). The summed E-state index contributed by atoms with van der Waals surface area (Å²) in [7, 11) is 0. The summed E-state index contributed by atoms with van der Waals surface area (Å²) in [5, 5.41) is 2.80. The summed E-state index contributed by atoms with van der Waals surface area (Å²) in [5.74, 6) is -0.466. The number of carbonyl (C=O) groups excluding carboxylic acids is 1. The first-order valence-corrected chi connectivity index (χ1v) is 6.19. The number of hydrogen-bond donors (Lipinski definition) is 2. The molecule has 1 aliphatic heterocycles. The summed E-state index contributed by atoms with van der Waals surface area (Å²) >= 11 is 4.90. The molecule has 1 saturated heterocycles. The second kappa shape index (κ2) is 6.88. The van der Waals surface area contributed by atoms with Crippen molar-refractivity contribution in [1.29, 1.82) is 0 Å². The van der Waals surface area contributed by atoms with Gasteiger partial charge >= 0.3 is 0 Å². The molecule has 0 spiro atoms. The van der Waals surface area contributed by atoms with Gasteiger partial charge in [0.2, 0.25) is 5.91 Å². The van der Waals surface area contributed by atoms with Crippen molar-refractivity contribution in [3.05, 3.63) is 0 Å². The Kier molecular flexibility index (Phi) is 5.80. The lowest BCUT2D eigenvalue weighted by Crippen LogP contribution is -2.45. The number of rotatable bonds is 5. The highest BCUT2D eigenvalue weighted by atomic mass is 32.1. The first kappa shape index (κ1) is 14.3. The highest BCUT2D eigenvalue weighted by Gasteiger charge is 2.25. The van der Waals surface area contributed by atoms with Crippen molar-refractivity contribution in [1.82, 2.24) is 5.32 Å². The monoisotopic (exact) mass is 260 g/mol. The molecule has 1 aliphatic rings. The molecule has 0 aromatic carbocycles. The Morgan fingerprint density at radius 1 is 1.53 bits per heavy atom. The van der Waals surface area contributed by atoms with Crippen LogP contribution in [0.1, 0.15) is 13.8 Å². The third-order valence-corrected chi connectivity index (χ3v) is 2.90. The molecule has 0 aromatic heterocycles. The van der Waals surface area contributed by atoms with Gasteiger partial charge in [0.1, 0.15) is 0 Å². The molecule has 98 valence electrons. The zero-order chi connectivity index (χ0) is 12.8. The maximum absolute atomic E-state index is 11.9. The smallest absolute Gasteiger partial charge is 0.230 e. The van der Waals surface area contributed by atoms with Gasteiger partial charge in [-0.3, -0.25) is 4.79 Å². The number of nitrogens with two attached hydrogens (primary N) is 1. The molecule has 0 aliphatic carbocycles. The van der Waals surface area contributed by atoms with Crippen molar-refractivity contribution >= 4 is 23.1 Å². The first-order valence-electron chi connectivity index (χ1n) is 5.78. The summed E-state index contributed by atoms with van der Waals surface area (Å²) in [6.45, 7) is 5.98. The molecule has 3 N–H and O–H groups in total. The number of ether oxygens (including phenoxy) is 2. The lowest BCUT2D eigenvalue weighted by atomic mass is 9.95. The Morgan fingerprint density at radius 3 is 2.71 bits per heavy atom. The van der Waals surface area contributed by atoms with Crippen LogP contribution >= 0.6 is 12.2 Å². The minimum atomic E-state index is -0.422. The van der Waals surface area contributed by atoms with Crippen LogP contribution in [0.3, 0.4) is 0 Å². The maximum Gasteiger partial charge on any atom is 0.230 e. The Morgan fingerprint density at radius 2 is 2.24 bits per heavy atom. The summed E-state index contributed by atoms with van der Waals surface area (Å²) in [6, 6.07) is 0. The molecule has 1 amide bonds. The van der Waals surface area contributed by atoms with E-state index in [0.29, 0.717) is 26.4 Å². The molecular formula is C11H20N2O3S. The Bertz CT molecular complexity index is 278. The van der Waals surface area contributed by atoms with E-state index in [1.54, 1.807) is 0 Å². The van der Waals surface area contributed by atoms with E-state index in [1.807, 2.05) is 13.8 Å². The van der Waals surface area contributed by atoms with Gasteiger partial charge in [-0.15, -0.1) is 0 Å². The minimum Gasteiger partial charge on any atom is -0.393 e. The van der Waals surface area contributed by atoms with Crippen molar-refractivity contribution in [3.63, 3.8) is 0 Å². The van der Waals surface area contributed by atoms with E-state index in [2.05, 4.69) is 5.32 Å². The van der Waals surface area contributed by atoms with E-state index in [1.165, 1.54) is 0 Å². The van der Waals surface area contributed by atoms with Gasteiger partial charge in [-0.2, -0.15) is 0 Å². The van der Waals surface area contributed by atoms with Crippen LogP contribution in [0.25, 0.3) is 0 Å². The second-order valence-electron chi connectivity index (χ2n) is 4.44. The zero-order valence-corrected chi connectivity index (χ0v) is 11.1. The highest BCUT2D eigenvalue weighted by molar-refractivity contribution is 7.80. The summed E-state index contributed by atoms with van der Waals surface area (Å²) in [4.78, 5) is 12.1. The maximum atomic E-state index is 11.9. The van der Waals surface area contributed by atoms with Crippen LogP contribution in [0.2, 0.25) is 0 Å². The van der Waals surface area contributed by atoms with Crippen LogP contribution < -0.4 is 11.1 Å². The fourth-order valence-corrected chi connectivity index (χ4v) is 2.12. The fourth-order valence-electron chi connectivity index (χ4n) is 1.74. The fraction of sp³-hybridized carbons (Fsp3) is 0.818. The number of amides is 1. The topological polar surface area (TPSA) is 73.6 Å². The van der Waals surface area contributed by atoms with E-state index in [0.717, 1.165) is 0 Å². The summed E-state index contributed by atoms with van der Waals surface area (Å²) < 4.78 is 10.7. The lowest BCUT2D eigenvalue weighted by molar-refractivity contribution is -0.126. The standard InChI is InChI=1S/C11H20N2O3S/c1-7(2)9(10(12)17)11(14)13-5-8-6-15-3-4-16-8/h7-9H,3-6H2,1-2H3,(H2,12,17)(H,13,14). The van der Waals surface area contributed by atoms with E-state index in [4.69, 9.17) is 27.4 Å². The minimum absolute atomic E-state index is 0.0770. The van der Waals surface area contributed by atoms with Gasteiger partial charge in [0.25, 0.3) is 0 Å². The van der Waals surface area contributed by atoms with Gasteiger partial charge in [0, 0.05) is 6.54 Å². The molecular weight excluding hydrogens is 240 g/mol. The molecule has 2 unspecified atom stereocenters. The Labute approximate surface area is 107 Å². The Hall–Kier alpha value is -0.720. The van der Waals surface area contributed by atoms with Crippen molar-refractivity contribution in [3.8, 4) is 0 Å². The summed E-state index contributed by atoms with van der Waals surface area (Å²) in [5.41, 5.74) is 5.56. The van der Waals surface area contributed by atoms with Gasteiger partial charge in [-0.05, 0) is 5.92 Å². The second-order valence-corrected chi connectivity index (χ2v) is 4.91. The third kappa shape index (κ3) is 4.57. The number of nitrogens with one attached hydrogen (secondary N) is 1. The molecule has 17 heavy (non-hydrogen) atoms. The molecule has 0 bridgehead atoms. The lowest BCUT2D eigenvalue weighted by Gasteiger charge is -2.25. The van der Waals surface area contributed by atoms with Crippen LogP contribution in [0.15, 0.2) is 0 Å². The van der Waals surface area contributed by atoms with Crippen LogP contribution in [0.5, 0.6) is 0 Å². The Balaban J connectivity index is 2.38. The van der Waals surface area contributed by atoms with Crippen LogP contribution in [-0.4, -0.2) is 43.4 Å². The van der Waals surface area contributed by atoms with E-state index < -0.39 is 5.92 Å². The van der Waals surface area contributed by atoms with Gasteiger partial charge < -0.3 is 20.5 Å². The zero-order valence-electron chi connectivity index (χ0n) is 10.3. The van der Waals surface area contributed by atoms with E-state index in [-0.39, 0.29) is 22.9 Å². The average Bonchev–Trinajstić information content (AvgIpc) is 2.27. The molecule has 6 heteroatoms. The van der Waals surface area contributed by atoms with Gasteiger partial charge in [-0.1, -0.05) is 26.1 Å². The quantitative estimate of drug-likeness (QED) is 0.685. The van der Waals surface area contributed by atoms with Crippen molar-refractivity contribution < 1.29 is 14.3 Å². The number of carbonyl (C=O) groups is 1. The molecule has 2 atom stereocenters. The van der Waals surface area contributed by atoms with Crippen LogP contribution in [-0.2, 0) is 14.3 Å². The normalized spacial score (nSPS) is 22.2. The first-order chi connectivity index (χ1) is 8.02.